The zero-order chi connectivity index (χ0) is 17.3. The summed E-state index contributed by atoms with van der Waals surface area (Å²) < 4.78 is 70.7. The van der Waals surface area contributed by atoms with Crippen LogP contribution in [0.3, 0.4) is 0 Å². The van der Waals surface area contributed by atoms with Crippen molar-refractivity contribution in [2.45, 2.75) is 30.5 Å². The first kappa shape index (κ1) is 18.2. The molecule has 5 nitrogen and oxygen atoms in total. The molecular formula is C14H18F3NO4S. The van der Waals surface area contributed by atoms with Crippen LogP contribution in [0.4, 0.5) is 13.2 Å². The first-order valence-electron chi connectivity index (χ1n) is 7.06. The molecule has 1 aromatic carbocycles. The molecule has 1 fully saturated rings. The molecule has 23 heavy (non-hydrogen) atoms. The van der Waals surface area contributed by atoms with Gasteiger partial charge in [-0.25, -0.2) is 8.42 Å². The number of sulfonamides is 1. The van der Waals surface area contributed by atoms with Crippen molar-refractivity contribution in [1.29, 1.82) is 0 Å². The van der Waals surface area contributed by atoms with Crippen molar-refractivity contribution < 1.29 is 31.4 Å². The molecule has 0 saturated carbocycles. The fourth-order valence-electron chi connectivity index (χ4n) is 2.53. The number of halogens is 3. The van der Waals surface area contributed by atoms with Gasteiger partial charge in [0.15, 0.2) is 0 Å². The Bertz CT molecular complexity index is 658. The first-order chi connectivity index (χ1) is 10.7. The third kappa shape index (κ3) is 3.85. The highest BCUT2D eigenvalue weighted by Gasteiger charge is 2.37. The summed E-state index contributed by atoms with van der Waals surface area (Å²) in [4.78, 5) is -0.403. The lowest BCUT2D eigenvalue weighted by Gasteiger charge is -2.34. The molecule has 0 spiro atoms. The lowest BCUT2D eigenvalue weighted by atomic mass is 10.1. The topological polar surface area (TPSA) is 66.8 Å². The van der Waals surface area contributed by atoms with Gasteiger partial charge in [0.2, 0.25) is 10.0 Å². The fraction of sp³-hybridized carbons (Fsp3) is 0.571. The quantitative estimate of drug-likeness (QED) is 0.896. The molecule has 1 saturated heterocycles. The van der Waals surface area contributed by atoms with E-state index in [-0.39, 0.29) is 38.3 Å². The van der Waals surface area contributed by atoms with E-state index in [0.29, 0.717) is 6.07 Å². The number of aliphatic hydroxyl groups excluding tert-OH is 1. The zero-order valence-corrected chi connectivity index (χ0v) is 13.3. The number of hydrogen-bond donors (Lipinski definition) is 1. The lowest BCUT2D eigenvalue weighted by molar-refractivity contribution is -0.138. The number of ether oxygens (including phenoxy) is 1. The molecule has 0 radical (unpaired) electrons. The molecule has 1 aliphatic heterocycles. The summed E-state index contributed by atoms with van der Waals surface area (Å²) in [6, 6.07) is 2.40. The minimum Gasteiger partial charge on any atom is -0.396 e. The van der Waals surface area contributed by atoms with Crippen LogP contribution in [0.1, 0.15) is 17.5 Å². The Morgan fingerprint density at radius 1 is 1.39 bits per heavy atom. The number of nitrogens with zero attached hydrogens (tertiary/aromatic N) is 1. The summed E-state index contributed by atoms with van der Waals surface area (Å²) >= 11 is 0. The van der Waals surface area contributed by atoms with Gasteiger partial charge in [0.1, 0.15) is 0 Å². The number of rotatable bonds is 4. The second kappa shape index (κ2) is 6.76. The molecule has 1 aliphatic rings. The highest BCUT2D eigenvalue weighted by atomic mass is 32.2. The number of alkyl halides is 3. The number of benzene rings is 1. The van der Waals surface area contributed by atoms with Crippen molar-refractivity contribution in [3.05, 3.63) is 29.3 Å². The van der Waals surface area contributed by atoms with Crippen LogP contribution in [0.15, 0.2) is 23.1 Å². The standard InChI is InChI=1S/C14H18F3NO4S/c1-10-2-3-12(8-13(10)14(15,16)17)23(20,21)18-5-7-22-9-11(18)4-6-19/h2-3,8,11,19H,4-7,9H2,1H3/t11-/m0/s1. The maximum atomic E-state index is 13.0. The second-order valence-corrected chi connectivity index (χ2v) is 7.22. The van der Waals surface area contributed by atoms with Crippen LogP contribution in [-0.4, -0.2) is 50.2 Å². The highest BCUT2D eigenvalue weighted by molar-refractivity contribution is 7.89. The average molecular weight is 353 g/mol. The predicted molar refractivity (Wildman–Crippen MR) is 76.4 cm³/mol. The molecule has 2 rings (SSSR count). The SMILES string of the molecule is Cc1ccc(S(=O)(=O)N2CCOC[C@@H]2CCO)cc1C(F)(F)F. The maximum Gasteiger partial charge on any atom is 0.416 e. The molecule has 1 atom stereocenters. The van der Waals surface area contributed by atoms with Gasteiger partial charge in [0.25, 0.3) is 0 Å². The van der Waals surface area contributed by atoms with Crippen LogP contribution in [0.5, 0.6) is 0 Å². The third-order valence-electron chi connectivity index (χ3n) is 3.76. The zero-order valence-electron chi connectivity index (χ0n) is 12.5. The Morgan fingerprint density at radius 2 is 2.09 bits per heavy atom. The van der Waals surface area contributed by atoms with Gasteiger partial charge in [0, 0.05) is 13.2 Å². The van der Waals surface area contributed by atoms with Crippen molar-refractivity contribution in [1.82, 2.24) is 4.31 Å². The summed E-state index contributed by atoms with van der Waals surface area (Å²) in [5, 5.41) is 9.03. The Kier molecular flexibility index (Phi) is 5.34. The molecule has 1 heterocycles. The number of morpholine rings is 1. The van der Waals surface area contributed by atoms with E-state index in [0.717, 1.165) is 10.4 Å². The minimum absolute atomic E-state index is 0.0367. The van der Waals surface area contributed by atoms with E-state index in [4.69, 9.17) is 9.84 Å². The van der Waals surface area contributed by atoms with E-state index in [1.807, 2.05) is 0 Å². The Hall–Kier alpha value is -1.16. The summed E-state index contributed by atoms with van der Waals surface area (Å²) in [5.41, 5.74) is -1.00. The third-order valence-corrected chi connectivity index (χ3v) is 5.70. The van der Waals surface area contributed by atoms with Gasteiger partial charge in [-0.3, -0.25) is 0 Å². The summed E-state index contributed by atoms with van der Waals surface area (Å²) in [6.07, 6.45) is -4.46. The molecule has 0 unspecified atom stereocenters. The molecular weight excluding hydrogens is 335 g/mol. The van der Waals surface area contributed by atoms with Crippen LogP contribution in [0, 0.1) is 6.92 Å². The van der Waals surface area contributed by atoms with Crippen molar-refractivity contribution >= 4 is 10.0 Å². The van der Waals surface area contributed by atoms with Crippen LogP contribution in [0.25, 0.3) is 0 Å². The van der Waals surface area contributed by atoms with Gasteiger partial charge in [-0.15, -0.1) is 0 Å². The molecule has 0 aromatic heterocycles. The summed E-state index contributed by atoms with van der Waals surface area (Å²) in [5.74, 6) is 0. The van der Waals surface area contributed by atoms with E-state index < -0.39 is 32.7 Å². The van der Waals surface area contributed by atoms with E-state index in [1.54, 1.807) is 0 Å². The summed E-state index contributed by atoms with van der Waals surface area (Å²) in [6.45, 7) is 1.36. The van der Waals surface area contributed by atoms with Crippen LogP contribution in [-0.2, 0) is 20.9 Å². The van der Waals surface area contributed by atoms with Crippen LogP contribution >= 0.6 is 0 Å². The Labute approximate surface area is 132 Å². The summed E-state index contributed by atoms with van der Waals surface area (Å²) in [7, 11) is -4.09. The van der Waals surface area contributed by atoms with Gasteiger partial charge in [-0.1, -0.05) is 6.07 Å². The van der Waals surface area contributed by atoms with Crippen LogP contribution < -0.4 is 0 Å². The average Bonchev–Trinajstić information content (AvgIpc) is 2.47. The predicted octanol–water partition coefficient (Wildman–Crippen LogP) is 1.79. The van der Waals surface area contributed by atoms with E-state index in [2.05, 4.69) is 0 Å². The van der Waals surface area contributed by atoms with E-state index in [1.165, 1.54) is 13.0 Å². The van der Waals surface area contributed by atoms with Crippen molar-refractivity contribution in [3.63, 3.8) is 0 Å². The number of aliphatic hydroxyl groups is 1. The van der Waals surface area contributed by atoms with E-state index >= 15 is 0 Å². The van der Waals surface area contributed by atoms with Gasteiger partial charge in [-0.05, 0) is 31.0 Å². The largest absolute Gasteiger partial charge is 0.416 e. The second-order valence-electron chi connectivity index (χ2n) is 5.33. The molecule has 0 bridgehead atoms. The first-order valence-corrected chi connectivity index (χ1v) is 8.50. The van der Waals surface area contributed by atoms with E-state index in [9.17, 15) is 21.6 Å². The van der Waals surface area contributed by atoms with Crippen molar-refractivity contribution in [3.8, 4) is 0 Å². The fourth-order valence-corrected chi connectivity index (χ4v) is 4.19. The van der Waals surface area contributed by atoms with Crippen molar-refractivity contribution in [2.75, 3.05) is 26.4 Å². The molecule has 130 valence electrons. The molecule has 0 amide bonds. The minimum atomic E-state index is -4.62. The molecule has 1 aromatic rings. The maximum absolute atomic E-state index is 13.0. The Morgan fingerprint density at radius 3 is 2.70 bits per heavy atom. The number of aryl methyl sites for hydroxylation is 1. The van der Waals surface area contributed by atoms with Gasteiger partial charge in [-0.2, -0.15) is 17.5 Å². The Balaban J connectivity index is 2.43. The van der Waals surface area contributed by atoms with Gasteiger partial charge in [0.05, 0.1) is 29.7 Å². The lowest BCUT2D eigenvalue weighted by Crippen LogP contribution is -2.48. The normalized spacial score (nSPS) is 20.7. The monoisotopic (exact) mass is 353 g/mol. The smallest absolute Gasteiger partial charge is 0.396 e. The molecule has 1 N–H and O–H groups in total. The molecule has 0 aliphatic carbocycles. The van der Waals surface area contributed by atoms with Gasteiger partial charge < -0.3 is 9.84 Å². The highest BCUT2D eigenvalue weighted by Crippen LogP contribution is 2.34. The molecule has 9 heteroatoms. The van der Waals surface area contributed by atoms with Gasteiger partial charge >= 0.3 is 6.18 Å². The van der Waals surface area contributed by atoms with Crippen LogP contribution in [0.2, 0.25) is 0 Å². The number of hydrogen-bond acceptors (Lipinski definition) is 4. The van der Waals surface area contributed by atoms with Crippen molar-refractivity contribution in [2.24, 2.45) is 0 Å².